The van der Waals surface area contributed by atoms with Gasteiger partial charge in [0, 0.05) is 12.5 Å². The van der Waals surface area contributed by atoms with E-state index in [4.69, 9.17) is 39.5 Å². The molecule has 1 aliphatic rings. The van der Waals surface area contributed by atoms with Crippen LogP contribution in [0.15, 0.2) is 12.7 Å². The Hall–Kier alpha value is -1.55. The van der Waals surface area contributed by atoms with Crippen molar-refractivity contribution in [1.82, 2.24) is 21.1 Å². The first-order valence-electron chi connectivity index (χ1n) is 10.8. The maximum atomic E-state index is 12.9. The second-order valence-electron chi connectivity index (χ2n) is 8.42. The third-order valence-corrected chi connectivity index (χ3v) is 5.39. The maximum Gasteiger partial charge on any atom is 0.325 e. The van der Waals surface area contributed by atoms with E-state index in [1.807, 2.05) is 0 Å². The van der Waals surface area contributed by atoms with E-state index in [2.05, 4.69) is 22.6 Å². The summed E-state index contributed by atoms with van der Waals surface area (Å²) >= 11 is 16.8. The zero-order valence-electron chi connectivity index (χ0n) is 19.3. The largest absolute Gasteiger partial charge is 0.460 e. The Balaban J connectivity index is 2.70. The Morgan fingerprint density at radius 2 is 1.79 bits per heavy atom. The number of alkyl halides is 3. The third kappa shape index (κ3) is 10.1. The molecule has 1 aliphatic heterocycles. The summed E-state index contributed by atoms with van der Waals surface area (Å²) in [6.07, 6.45) is 3.10. The minimum atomic E-state index is -1.73. The average Bonchev–Trinajstić information content (AvgIpc) is 2.74. The van der Waals surface area contributed by atoms with Gasteiger partial charge >= 0.3 is 5.97 Å². The summed E-state index contributed by atoms with van der Waals surface area (Å²) in [5.74, 6) is -2.34. The normalized spacial score (nSPS) is 19.3. The van der Waals surface area contributed by atoms with Gasteiger partial charge < -0.3 is 15.4 Å². The Morgan fingerprint density at radius 3 is 2.33 bits per heavy atom. The Kier molecular flexibility index (Phi) is 11.9. The van der Waals surface area contributed by atoms with Crippen molar-refractivity contribution in [1.29, 1.82) is 0 Å². The number of allylic oxidation sites excluding steroid dienone is 1. The fourth-order valence-corrected chi connectivity index (χ4v) is 3.32. The summed E-state index contributed by atoms with van der Waals surface area (Å²) in [5, 5.41) is 6.66. The number of hydrogen-bond donors (Lipinski definition) is 3. The first kappa shape index (κ1) is 29.5. The van der Waals surface area contributed by atoms with E-state index in [0.29, 0.717) is 25.8 Å². The van der Waals surface area contributed by atoms with Crippen LogP contribution in [0.1, 0.15) is 47.0 Å². The summed E-state index contributed by atoms with van der Waals surface area (Å²) in [6, 6.07) is -2.49. The highest BCUT2D eigenvalue weighted by Gasteiger charge is 2.34. The van der Waals surface area contributed by atoms with Gasteiger partial charge in [0.25, 0.3) is 5.91 Å². The molecule has 4 unspecified atom stereocenters. The number of carbonyl (C=O) groups is 4. The molecule has 0 saturated carbocycles. The van der Waals surface area contributed by atoms with Gasteiger partial charge in [-0.15, -0.1) is 6.58 Å². The highest BCUT2D eigenvalue weighted by molar-refractivity contribution is 6.67. The molecule has 9 nitrogen and oxygen atoms in total. The highest BCUT2D eigenvalue weighted by Crippen LogP contribution is 2.26. The number of ether oxygens (including phenoxy) is 1. The van der Waals surface area contributed by atoms with Gasteiger partial charge in [0.15, 0.2) is 0 Å². The minimum absolute atomic E-state index is 0.197. The van der Waals surface area contributed by atoms with Crippen LogP contribution in [-0.4, -0.2) is 63.8 Å². The van der Waals surface area contributed by atoms with Gasteiger partial charge in [0.2, 0.25) is 15.6 Å². The van der Waals surface area contributed by atoms with E-state index >= 15 is 0 Å². The van der Waals surface area contributed by atoms with Gasteiger partial charge in [-0.3, -0.25) is 24.2 Å². The number of hydrogen-bond acceptors (Lipinski definition) is 6. The molecule has 3 N–H and O–H groups in total. The lowest BCUT2D eigenvalue weighted by Crippen LogP contribution is -2.61. The van der Waals surface area contributed by atoms with Crippen LogP contribution >= 0.6 is 34.8 Å². The van der Waals surface area contributed by atoms with E-state index in [1.54, 1.807) is 26.8 Å². The molecule has 0 bridgehead atoms. The van der Waals surface area contributed by atoms with Gasteiger partial charge in [0.05, 0.1) is 0 Å². The molecule has 1 heterocycles. The van der Waals surface area contributed by atoms with Crippen LogP contribution in [0.2, 0.25) is 0 Å². The van der Waals surface area contributed by atoms with Crippen molar-refractivity contribution in [3.63, 3.8) is 0 Å². The van der Waals surface area contributed by atoms with E-state index in [-0.39, 0.29) is 17.7 Å². The van der Waals surface area contributed by atoms with Crippen LogP contribution in [0.5, 0.6) is 0 Å². The molecule has 0 spiro atoms. The van der Waals surface area contributed by atoms with Crippen molar-refractivity contribution in [3.8, 4) is 0 Å². The summed E-state index contributed by atoms with van der Waals surface area (Å²) in [6.45, 7) is 10.4. The van der Waals surface area contributed by atoms with Crippen molar-refractivity contribution in [2.24, 2.45) is 11.8 Å². The predicted molar refractivity (Wildman–Crippen MR) is 127 cm³/mol. The van der Waals surface area contributed by atoms with E-state index < -0.39 is 46.3 Å². The van der Waals surface area contributed by atoms with Crippen LogP contribution in [0, 0.1) is 11.8 Å². The van der Waals surface area contributed by atoms with Crippen molar-refractivity contribution < 1.29 is 23.9 Å². The number of nitrogens with one attached hydrogen (secondary N) is 3. The second-order valence-corrected chi connectivity index (χ2v) is 10.9. The molecule has 0 radical (unpaired) electrons. The first-order chi connectivity index (χ1) is 15.3. The monoisotopic (exact) mass is 526 g/mol. The van der Waals surface area contributed by atoms with Crippen LogP contribution in [-0.2, 0) is 23.9 Å². The number of carbonyl (C=O) groups excluding carboxylic acids is 4. The summed E-state index contributed by atoms with van der Waals surface area (Å²) in [5.41, 5.74) is 2.81. The molecule has 0 aromatic carbocycles. The molecule has 0 aromatic rings. The van der Waals surface area contributed by atoms with E-state index in [9.17, 15) is 19.2 Å². The standard InChI is InChI=1S/C21H33Cl3N4O5/c1-6-8-13(4)17(29)26-16(12(2)3)18(30)25-14(5)19(31)28-10-7-9-15(27-28)20(32)33-11-21(22,23)24/h6,12-16,27H,1,7-11H2,2-5H3,(H,25,30)(H,26,29). The third-order valence-electron chi connectivity index (χ3n) is 5.06. The number of hydrazine groups is 1. The van der Waals surface area contributed by atoms with Crippen molar-refractivity contribution >= 4 is 58.5 Å². The number of nitrogens with zero attached hydrogens (tertiary/aromatic N) is 1. The molecule has 3 amide bonds. The smallest absolute Gasteiger partial charge is 0.325 e. The summed E-state index contributed by atoms with van der Waals surface area (Å²) < 4.78 is 3.25. The predicted octanol–water partition coefficient (Wildman–Crippen LogP) is 2.25. The number of halogens is 3. The average molecular weight is 528 g/mol. The minimum Gasteiger partial charge on any atom is -0.460 e. The van der Waals surface area contributed by atoms with Crippen LogP contribution in [0.3, 0.4) is 0 Å². The Bertz CT molecular complexity index is 729. The topological polar surface area (TPSA) is 117 Å². The fourth-order valence-electron chi connectivity index (χ4n) is 3.15. The van der Waals surface area contributed by atoms with Gasteiger partial charge in [-0.25, -0.2) is 5.43 Å². The second kappa shape index (κ2) is 13.4. The first-order valence-corrected chi connectivity index (χ1v) is 11.9. The van der Waals surface area contributed by atoms with Crippen LogP contribution in [0.4, 0.5) is 0 Å². The Morgan fingerprint density at radius 1 is 1.15 bits per heavy atom. The molecular formula is C21H33Cl3N4O5. The molecule has 0 aliphatic carbocycles. The summed E-state index contributed by atoms with van der Waals surface area (Å²) in [7, 11) is 0. The van der Waals surface area contributed by atoms with Crippen molar-refractivity contribution in [3.05, 3.63) is 12.7 Å². The quantitative estimate of drug-likeness (QED) is 0.228. The maximum absolute atomic E-state index is 12.9. The van der Waals surface area contributed by atoms with Crippen molar-refractivity contribution in [2.75, 3.05) is 13.2 Å². The molecule has 188 valence electrons. The van der Waals surface area contributed by atoms with E-state index in [0.717, 1.165) is 0 Å². The molecule has 0 aromatic heterocycles. The van der Waals surface area contributed by atoms with Gasteiger partial charge in [-0.05, 0) is 32.1 Å². The van der Waals surface area contributed by atoms with E-state index in [1.165, 1.54) is 11.9 Å². The molecule has 4 atom stereocenters. The lowest BCUT2D eigenvalue weighted by molar-refractivity contribution is -0.152. The molecule has 12 heteroatoms. The highest BCUT2D eigenvalue weighted by atomic mass is 35.6. The number of esters is 1. The lowest BCUT2D eigenvalue weighted by atomic mass is 10.0. The number of rotatable bonds is 10. The van der Waals surface area contributed by atoms with Gasteiger partial charge in [-0.2, -0.15) is 0 Å². The van der Waals surface area contributed by atoms with Crippen LogP contribution in [0.25, 0.3) is 0 Å². The van der Waals surface area contributed by atoms with Gasteiger partial charge in [0.1, 0.15) is 24.7 Å². The lowest BCUT2D eigenvalue weighted by Gasteiger charge is -2.34. The molecule has 1 saturated heterocycles. The fraction of sp³-hybridized carbons (Fsp3) is 0.714. The SMILES string of the molecule is C=CCC(C)C(=O)NC(C(=O)NC(C)C(=O)N1CCCC(C(=O)OCC(Cl)(Cl)Cl)N1)C(C)C. The van der Waals surface area contributed by atoms with Crippen molar-refractivity contribution in [2.45, 2.75) is 68.9 Å². The summed E-state index contributed by atoms with van der Waals surface area (Å²) in [4.78, 5) is 50.2. The molecular weight excluding hydrogens is 495 g/mol. The number of amides is 3. The Labute approximate surface area is 209 Å². The molecule has 1 rings (SSSR count). The van der Waals surface area contributed by atoms with Crippen LogP contribution < -0.4 is 16.1 Å². The van der Waals surface area contributed by atoms with Gasteiger partial charge in [-0.1, -0.05) is 61.7 Å². The molecule has 33 heavy (non-hydrogen) atoms. The molecule has 1 fully saturated rings. The zero-order chi connectivity index (χ0) is 25.3. The zero-order valence-corrected chi connectivity index (χ0v) is 21.6.